The summed E-state index contributed by atoms with van der Waals surface area (Å²) in [6, 6.07) is 7.25. The summed E-state index contributed by atoms with van der Waals surface area (Å²) in [4.78, 5) is 30.4. The molecule has 0 spiro atoms. The molecule has 0 bridgehead atoms. The number of carbonyl (C=O) groups is 2. The number of likely N-dealkylation sites (tertiary alicyclic amines) is 1. The lowest BCUT2D eigenvalue weighted by Gasteiger charge is -2.33. The van der Waals surface area contributed by atoms with Gasteiger partial charge in [-0.05, 0) is 24.5 Å². The van der Waals surface area contributed by atoms with Crippen LogP contribution in [0.1, 0.15) is 49.6 Å². The molecule has 1 aliphatic heterocycles. The number of carbonyl (C=O) groups excluding carboxylic acids is 1. The number of aromatic nitrogens is 3. The molecule has 0 saturated carbocycles. The van der Waals surface area contributed by atoms with E-state index in [0.717, 1.165) is 0 Å². The minimum Gasteiger partial charge on any atom is -0.481 e. The van der Waals surface area contributed by atoms with Gasteiger partial charge in [-0.1, -0.05) is 44.5 Å². The van der Waals surface area contributed by atoms with E-state index in [2.05, 4.69) is 10.1 Å². The summed E-state index contributed by atoms with van der Waals surface area (Å²) in [7, 11) is 0. The fraction of sp³-hybridized carbons (Fsp3) is 0.474. The van der Waals surface area contributed by atoms with Gasteiger partial charge in [0.05, 0.1) is 16.6 Å². The van der Waals surface area contributed by atoms with Crippen LogP contribution in [0.3, 0.4) is 0 Å². The second kappa shape index (κ2) is 7.68. The van der Waals surface area contributed by atoms with Gasteiger partial charge in [-0.2, -0.15) is 0 Å². The van der Waals surface area contributed by atoms with Gasteiger partial charge >= 0.3 is 5.97 Å². The van der Waals surface area contributed by atoms with E-state index in [9.17, 15) is 14.7 Å². The highest BCUT2D eigenvalue weighted by Gasteiger charge is 2.34. The Morgan fingerprint density at radius 1 is 1.26 bits per heavy atom. The number of carboxylic acids is 1. The Balaban J connectivity index is 1.95. The van der Waals surface area contributed by atoms with E-state index in [-0.39, 0.29) is 30.1 Å². The number of hydrogen-bond donors (Lipinski definition) is 1. The lowest BCUT2D eigenvalue weighted by atomic mass is 9.90. The average molecular weight is 391 g/mol. The molecular weight excluding hydrogens is 368 g/mol. The number of piperidine rings is 1. The van der Waals surface area contributed by atoms with Crippen LogP contribution in [0.4, 0.5) is 0 Å². The highest BCUT2D eigenvalue weighted by atomic mass is 35.5. The molecule has 1 aromatic heterocycles. The average Bonchev–Trinajstić information content (AvgIpc) is 3.06. The summed E-state index contributed by atoms with van der Waals surface area (Å²) in [6.07, 6.45) is 0.567. The van der Waals surface area contributed by atoms with E-state index in [1.165, 1.54) is 0 Å². The molecule has 7 nitrogen and oxygen atoms in total. The predicted molar refractivity (Wildman–Crippen MR) is 101 cm³/mol. The lowest BCUT2D eigenvalue weighted by molar-refractivity contribution is -0.143. The monoisotopic (exact) mass is 390 g/mol. The summed E-state index contributed by atoms with van der Waals surface area (Å²) < 4.78 is 1.60. The molecule has 0 radical (unpaired) electrons. The van der Waals surface area contributed by atoms with Crippen LogP contribution in [0.2, 0.25) is 5.02 Å². The van der Waals surface area contributed by atoms with Gasteiger partial charge in [-0.25, -0.2) is 9.67 Å². The van der Waals surface area contributed by atoms with Gasteiger partial charge in [-0.3, -0.25) is 9.59 Å². The van der Waals surface area contributed by atoms with Gasteiger partial charge in [0, 0.05) is 19.0 Å². The maximum atomic E-state index is 13.0. The maximum absolute atomic E-state index is 13.0. The van der Waals surface area contributed by atoms with Crippen molar-refractivity contribution in [3.63, 3.8) is 0 Å². The molecule has 2 heterocycles. The van der Waals surface area contributed by atoms with Gasteiger partial charge in [0.15, 0.2) is 0 Å². The molecule has 1 aliphatic rings. The molecule has 27 heavy (non-hydrogen) atoms. The normalized spacial score (nSPS) is 20.1. The molecule has 2 unspecified atom stereocenters. The van der Waals surface area contributed by atoms with Gasteiger partial charge in [0.2, 0.25) is 5.82 Å². The fourth-order valence-electron chi connectivity index (χ4n) is 3.43. The number of halogens is 1. The molecule has 2 aromatic rings. The van der Waals surface area contributed by atoms with Crippen molar-refractivity contribution in [2.75, 3.05) is 13.1 Å². The SMILES string of the molecule is CC1CC(C(=O)O)CN(C(=O)c2nc(C(C)C)n(-c3ccccc3Cl)n2)C1. The second-order valence-corrected chi connectivity index (χ2v) is 7.80. The Morgan fingerprint density at radius 2 is 1.96 bits per heavy atom. The fourth-order valence-corrected chi connectivity index (χ4v) is 3.64. The predicted octanol–water partition coefficient (Wildman–Crippen LogP) is 3.23. The lowest BCUT2D eigenvalue weighted by Crippen LogP contribution is -2.45. The Bertz CT molecular complexity index is 864. The molecule has 1 fully saturated rings. The van der Waals surface area contributed by atoms with Gasteiger partial charge in [0.25, 0.3) is 5.91 Å². The third-order valence-corrected chi connectivity index (χ3v) is 5.04. The molecule has 2 atom stereocenters. The van der Waals surface area contributed by atoms with Crippen LogP contribution in [0.15, 0.2) is 24.3 Å². The number of benzene rings is 1. The second-order valence-electron chi connectivity index (χ2n) is 7.40. The van der Waals surface area contributed by atoms with Crippen molar-refractivity contribution in [1.29, 1.82) is 0 Å². The Kier molecular flexibility index (Phi) is 5.51. The summed E-state index contributed by atoms with van der Waals surface area (Å²) in [6.45, 7) is 6.56. The minimum atomic E-state index is -0.878. The number of amides is 1. The van der Waals surface area contributed by atoms with E-state index in [0.29, 0.717) is 29.5 Å². The topological polar surface area (TPSA) is 88.3 Å². The van der Waals surface area contributed by atoms with E-state index in [1.54, 1.807) is 15.6 Å². The van der Waals surface area contributed by atoms with Crippen LogP contribution in [0, 0.1) is 11.8 Å². The van der Waals surface area contributed by atoms with Crippen LogP contribution in [0.25, 0.3) is 5.69 Å². The molecule has 1 N–H and O–H groups in total. The van der Waals surface area contributed by atoms with Crippen molar-refractivity contribution < 1.29 is 14.7 Å². The summed E-state index contributed by atoms with van der Waals surface area (Å²) in [5.74, 6) is -0.949. The van der Waals surface area contributed by atoms with E-state index in [1.807, 2.05) is 39.0 Å². The van der Waals surface area contributed by atoms with Crippen LogP contribution >= 0.6 is 11.6 Å². The maximum Gasteiger partial charge on any atom is 0.308 e. The number of rotatable bonds is 4. The summed E-state index contributed by atoms with van der Waals surface area (Å²) >= 11 is 6.30. The van der Waals surface area contributed by atoms with Crippen molar-refractivity contribution in [3.8, 4) is 5.69 Å². The largest absolute Gasteiger partial charge is 0.481 e. The molecule has 0 aliphatic carbocycles. The van der Waals surface area contributed by atoms with Crippen molar-refractivity contribution in [2.24, 2.45) is 11.8 Å². The third kappa shape index (κ3) is 3.98. The van der Waals surface area contributed by atoms with Gasteiger partial charge < -0.3 is 10.0 Å². The van der Waals surface area contributed by atoms with Crippen LogP contribution in [-0.4, -0.2) is 49.7 Å². The first-order valence-corrected chi connectivity index (χ1v) is 9.39. The van der Waals surface area contributed by atoms with E-state index < -0.39 is 11.9 Å². The Hall–Kier alpha value is -2.41. The quantitative estimate of drug-likeness (QED) is 0.865. The van der Waals surface area contributed by atoms with Crippen molar-refractivity contribution in [1.82, 2.24) is 19.7 Å². The summed E-state index contributed by atoms with van der Waals surface area (Å²) in [5, 5.41) is 14.3. The van der Waals surface area contributed by atoms with Gasteiger partial charge in [-0.15, -0.1) is 5.10 Å². The summed E-state index contributed by atoms with van der Waals surface area (Å²) in [5.41, 5.74) is 0.657. The number of nitrogens with zero attached hydrogens (tertiary/aromatic N) is 4. The minimum absolute atomic E-state index is 0.0300. The molecule has 8 heteroatoms. The molecule has 1 saturated heterocycles. The first-order valence-electron chi connectivity index (χ1n) is 9.01. The van der Waals surface area contributed by atoms with Crippen LogP contribution in [-0.2, 0) is 4.79 Å². The molecule has 1 aromatic carbocycles. The van der Waals surface area contributed by atoms with Crippen molar-refractivity contribution in [2.45, 2.75) is 33.1 Å². The standard InChI is InChI=1S/C19H23ClN4O3/c1-11(2)17-21-16(22-24(17)15-7-5-4-6-14(15)20)18(25)23-9-12(3)8-13(10-23)19(26)27/h4-7,11-13H,8-10H2,1-3H3,(H,26,27). The van der Waals surface area contributed by atoms with E-state index in [4.69, 9.17) is 11.6 Å². The smallest absolute Gasteiger partial charge is 0.308 e. The molecular formula is C19H23ClN4O3. The number of aliphatic carboxylic acids is 1. The molecule has 1 amide bonds. The Morgan fingerprint density at radius 3 is 2.59 bits per heavy atom. The highest BCUT2D eigenvalue weighted by Crippen LogP contribution is 2.26. The van der Waals surface area contributed by atoms with Crippen molar-refractivity contribution >= 4 is 23.5 Å². The first-order chi connectivity index (χ1) is 12.8. The number of para-hydroxylation sites is 1. The zero-order valence-electron chi connectivity index (χ0n) is 15.6. The molecule has 3 rings (SSSR count). The van der Waals surface area contributed by atoms with Crippen LogP contribution in [0.5, 0.6) is 0 Å². The zero-order valence-corrected chi connectivity index (χ0v) is 16.3. The highest BCUT2D eigenvalue weighted by molar-refractivity contribution is 6.32. The third-order valence-electron chi connectivity index (χ3n) is 4.72. The zero-order chi connectivity index (χ0) is 19.7. The van der Waals surface area contributed by atoms with Crippen molar-refractivity contribution in [3.05, 3.63) is 40.9 Å². The van der Waals surface area contributed by atoms with Gasteiger partial charge in [0.1, 0.15) is 5.82 Å². The number of carboxylic acid groups (broad SMARTS) is 1. The number of hydrogen-bond acceptors (Lipinski definition) is 4. The van der Waals surface area contributed by atoms with Crippen LogP contribution < -0.4 is 0 Å². The van der Waals surface area contributed by atoms with E-state index >= 15 is 0 Å². The first kappa shape index (κ1) is 19.4. The molecule has 144 valence electrons. The Labute approximate surface area is 163 Å².